The van der Waals surface area contributed by atoms with Gasteiger partial charge in [-0.15, -0.1) is 0 Å². The van der Waals surface area contributed by atoms with Gasteiger partial charge in [0, 0.05) is 17.8 Å². The van der Waals surface area contributed by atoms with E-state index in [1.54, 1.807) is 12.1 Å². The third kappa shape index (κ3) is 5.62. The Bertz CT molecular complexity index is 1050. The summed E-state index contributed by atoms with van der Waals surface area (Å²) in [5.41, 5.74) is 0.711. The van der Waals surface area contributed by atoms with E-state index >= 15 is 0 Å². The average Bonchev–Trinajstić information content (AvgIpc) is 3.55. The summed E-state index contributed by atoms with van der Waals surface area (Å²) in [4.78, 5) is 26.6. The number of ether oxygens (including phenoxy) is 2. The third-order valence-corrected chi connectivity index (χ3v) is 6.28. The molecule has 0 radical (unpaired) electrons. The van der Waals surface area contributed by atoms with Crippen molar-refractivity contribution >= 4 is 27.6 Å². The van der Waals surface area contributed by atoms with Gasteiger partial charge in [0.05, 0.1) is 12.7 Å². The molecule has 3 rings (SSSR count). The summed E-state index contributed by atoms with van der Waals surface area (Å²) in [7, 11) is -2.49. The van der Waals surface area contributed by atoms with Gasteiger partial charge in [0.25, 0.3) is 5.91 Å². The zero-order chi connectivity index (χ0) is 22.6. The Morgan fingerprint density at radius 2 is 1.81 bits per heavy atom. The van der Waals surface area contributed by atoms with Crippen molar-refractivity contribution in [3.8, 4) is 5.75 Å². The van der Waals surface area contributed by atoms with Gasteiger partial charge in [0.2, 0.25) is 10.0 Å². The molecule has 0 saturated heterocycles. The first kappa shape index (κ1) is 22.8. The minimum absolute atomic E-state index is 0.0144. The van der Waals surface area contributed by atoms with Gasteiger partial charge in [-0.3, -0.25) is 4.79 Å². The molecule has 0 atom stereocenters. The van der Waals surface area contributed by atoms with Crippen LogP contribution in [0.25, 0.3) is 0 Å². The second-order valence-corrected chi connectivity index (χ2v) is 9.21. The molecule has 8 nitrogen and oxygen atoms in total. The Kier molecular flexibility index (Phi) is 6.97. The van der Waals surface area contributed by atoms with Crippen molar-refractivity contribution in [2.24, 2.45) is 0 Å². The number of nitrogens with zero attached hydrogens (tertiary/aromatic N) is 1. The summed E-state index contributed by atoms with van der Waals surface area (Å²) in [6, 6.07) is 12.8. The summed E-state index contributed by atoms with van der Waals surface area (Å²) >= 11 is 0. The molecule has 1 amide bonds. The lowest BCUT2D eigenvalue weighted by molar-refractivity contribution is -0.122. The lowest BCUT2D eigenvalue weighted by Crippen LogP contribution is -2.39. The molecule has 0 spiro atoms. The number of carbonyl (C=O) groups excluding carboxylic acids is 2. The molecule has 2 aromatic rings. The van der Waals surface area contributed by atoms with Crippen LogP contribution >= 0.6 is 0 Å². The van der Waals surface area contributed by atoms with Crippen LogP contribution in [0.3, 0.4) is 0 Å². The molecular weight excluding hydrogens is 420 g/mol. The third-order valence-electron chi connectivity index (χ3n) is 4.73. The van der Waals surface area contributed by atoms with E-state index in [1.165, 1.54) is 30.2 Å². The van der Waals surface area contributed by atoms with Crippen LogP contribution in [0.15, 0.2) is 53.4 Å². The topological polar surface area (TPSA) is 102 Å². The van der Waals surface area contributed by atoms with Crippen LogP contribution in [0.5, 0.6) is 5.75 Å². The maximum absolute atomic E-state index is 12.7. The minimum atomic E-state index is -3.85. The van der Waals surface area contributed by atoms with E-state index in [0.717, 1.165) is 12.8 Å². The highest BCUT2D eigenvalue weighted by atomic mass is 32.2. The molecule has 0 unspecified atom stereocenters. The molecule has 31 heavy (non-hydrogen) atoms. The Balaban J connectivity index is 1.74. The van der Waals surface area contributed by atoms with Gasteiger partial charge in [-0.05, 0) is 57.0 Å². The van der Waals surface area contributed by atoms with Crippen molar-refractivity contribution < 1.29 is 27.5 Å². The molecule has 1 N–H and O–H groups in total. The summed E-state index contributed by atoms with van der Waals surface area (Å²) in [6.45, 7) is 3.25. The van der Waals surface area contributed by atoms with Crippen LogP contribution < -0.4 is 14.4 Å². The number of rotatable bonds is 9. The van der Waals surface area contributed by atoms with Gasteiger partial charge < -0.3 is 14.4 Å². The molecule has 0 aliphatic heterocycles. The molecule has 0 heterocycles. The fourth-order valence-electron chi connectivity index (χ4n) is 3.10. The standard InChI is InChI=1S/C22H26N2O6S/c1-15(2)24(18-7-5-4-6-8-18)21(25)14-30-22(26)16-9-12-19(29-3)20(13-16)31(27,28)23-17-10-11-17/h4-9,12-13,15,17,23H,10-11,14H2,1-3H3. The smallest absolute Gasteiger partial charge is 0.338 e. The van der Waals surface area contributed by atoms with E-state index in [-0.39, 0.29) is 34.2 Å². The van der Waals surface area contributed by atoms with E-state index in [4.69, 9.17) is 9.47 Å². The number of esters is 1. The Morgan fingerprint density at radius 1 is 1.13 bits per heavy atom. The summed E-state index contributed by atoms with van der Waals surface area (Å²) in [6.07, 6.45) is 1.55. The van der Waals surface area contributed by atoms with Crippen LogP contribution in [0.1, 0.15) is 37.0 Å². The summed E-state index contributed by atoms with van der Waals surface area (Å²) in [5.74, 6) is -1.06. The van der Waals surface area contributed by atoms with Crippen LogP contribution in [-0.4, -0.2) is 46.1 Å². The second-order valence-electron chi connectivity index (χ2n) is 7.53. The normalized spacial score (nSPS) is 13.7. The van der Waals surface area contributed by atoms with Crippen LogP contribution in [0.4, 0.5) is 5.69 Å². The number of amides is 1. The van der Waals surface area contributed by atoms with E-state index in [2.05, 4.69) is 4.72 Å². The lowest BCUT2D eigenvalue weighted by atomic mass is 10.2. The molecule has 1 fully saturated rings. The Morgan fingerprint density at radius 3 is 2.39 bits per heavy atom. The largest absolute Gasteiger partial charge is 0.495 e. The minimum Gasteiger partial charge on any atom is -0.495 e. The number of nitrogens with one attached hydrogen (secondary N) is 1. The van der Waals surface area contributed by atoms with Crippen LogP contribution in [0.2, 0.25) is 0 Å². The molecule has 1 aliphatic carbocycles. The molecule has 166 valence electrons. The van der Waals surface area contributed by atoms with E-state index < -0.39 is 22.6 Å². The van der Waals surface area contributed by atoms with Crippen molar-refractivity contribution in [1.82, 2.24) is 4.72 Å². The average molecular weight is 447 g/mol. The van der Waals surface area contributed by atoms with Crippen molar-refractivity contribution in [3.05, 3.63) is 54.1 Å². The first-order chi connectivity index (χ1) is 14.7. The number of methoxy groups -OCH3 is 1. The maximum atomic E-state index is 12.7. The van der Waals surface area contributed by atoms with Gasteiger partial charge in [-0.2, -0.15) is 0 Å². The monoisotopic (exact) mass is 446 g/mol. The highest BCUT2D eigenvalue weighted by Crippen LogP contribution is 2.28. The quantitative estimate of drug-likeness (QED) is 0.595. The summed E-state index contributed by atoms with van der Waals surface area (Å²) < 4.78 is 38.1. The number of carbonyl (C=O) groups is 2. The fraction of sp³-hybridized carbons (Fsp3) is 0.364. The van der Waals surface area contributed by atoms with Gasteiger partial charge in [0.15, 0.2) is 6.61 Å². The number of benzene rings is 2. The van der Waals surface area contributed by atoms with E-state index in [1.807, 2.05) is 32.0 Å². The molecule has 2 aromatic carbocycles. The first-order valence-electron chi connectivity index (χ1n) is 9.97. The van der Waals surface area contributed by atoms with Crippen molar-refractivity contribution in [3.63, 3.8) is 0 Å². The molecule has 0 bridgehead atoms. The second kappa shape index (κ2) is 9.49. The number of sulfonamides is 1. The van der Waals surface area contributed by atoms with Gasteiger partial charge in [-0.1, -0.05) is 18.2 Å². The SMILES string of the molecule is COc1ccc(C(=O)OCC(=O)N(c2ccccc2)C(C)C)cc1S(=O)(=O)NC1CC1. The van der Waals surface area contributed by atoms with E-state index in [0.29, 0.717) is 5.69 Å². The van der Waals surface area contributed by atoms with Gasteiger partial charge in [-0.25, -0.2) is 17.9 Å². The van der Waals surface area contributed by atoms with Gasteiger partial charge in [0.1, 0.15) is 10.6 Å². The zero-order valence-corrected chi connectivity index (χ0v) is 18.5. The Labute approximate surface area is 182 Å². The highest BCUT2D eigenvalue weighted by molar-refractivity contribution is 7.89. The highest BCUT2D eigenvalue weighted by Gasteiger charge is 2.30. The number of para-hydroxylation sites is 1. The van der Waals surface area contributed by atoms with Crippen molar-refractivity contribution in [2.75, 3.05) is 18.6 Å². The summed E-state index contributed by atoms with van der Waals surface area (Å²) in [5, 5.41) is 0. The molecule has 9 heteroatoms. The zero-order valence-electron chi connectivity index (χ0n) is 17.7. The first-order valence-corrected chi connectivity index (χ1v) is 11.5. The molecule has 1 saturated carbocycles. The lowest BCUT2D eigenvalue weighted by Gasteiger charge is -2.26. The molecular formula is C22H26N2O6S. The number of anilines is 1. The molecule has 0 aromatic heterocycles. The fourth-order valence-corrected chi connectivity index (χ4v) is 4.60. The van der Waals surface area contributed by atoms with Crippen molar-refractivity contribution in [2.45, 2.75) is 43.7 Å². The molecule has 1 aliphatic rings. The van der Waals surface area contributed by atoms with Crippen LogP contribution in [-0.2, 0) is 19.6 Å². The predicted octanol–water partition coefficient (Wildman–Crippen LogP) is 2.73. The van der Waals surface area contributed by atoms with E-state index in [9.17, 15) is 18.0 Å². The number of hydrogen-bond donors (Lipinski definition) is 1. The predicted molar refractivity (Wildman–Crippen MR) is 116 cm³/mol. The number of hydrogen-bond acceptors (Lipinski definition) is 6. The van der Waals surface area contributed by atoms with Gasteiger partial charge >= 0.3 is 5.97 Å². The maximum Gasteiger partial charge on any atom is 0.338 e. The Hall–Kier alpha value is -2.91. The van der Waals surface area contributed by atoms with Crippen LogP contribution in [0, 0.1) is 0 Å². The van der Waals surface area contributed by atoms with Crippen molar-refractivity contribution in [1.29, 1.82) is 0 Å².